The SMILES string of the molecule is COC(=O)c1cc2scc(-c3cccc(O)c3)c2s1. The largest absolute Gasteiger partial charge is 0.508 e. The normalized spacial score (nSPS) is 10.8. The number of benzene rings is 1. The summed E-state index contributed by atoms with van der Waals surface area (Å²) in [5.74, 6) is -0.0724. The van der Waals surface area contributed by atoms with E-state index in [9.17, 15) is 9.90 Å². The van der Waals surface area contributed by atoms with Gasteiger partial charge in [0.2, 0.25) is 0 Å². The van der Waals surface area contributed by atoms with Gasteiger partial charge in [-0.25, -0.2) is 4.79 Å². The van der Waals surface area contributed by atoms with Crippen molar-refractivity contribution in [3.63, 3.8) is 0 Å². The molecule has 19 heavy (non-hydrogen) atoms. The number of fused-ring (bicyclic) bond motifs is 1. The summed E-state index contributed by atoms with van der Waals surface area (Å²) < 4.78 is 6.85. The van der Waals surface area contributed by atoms with Crippen LogP contribution in [0.4, 0.5) is 0 Å². The van der Waals surface area contributed by atoms with Gasteiger partial charge in [-0.15, -0.1) is 22.7 Å². The van der Waals surface area contributed by atoms with Gasteiger partial charge in [0.1, 0.15) is 10.6 Å². The summed E-state index contributed by atoms with van der Waals surface area (Å²) in [6, 6.07) is 8.96. The van der Waals surface area contributed by atoms with E-state index in [0.29, 0.717) is 4.88 Å². The first-order valence-corrected chi connectivity index (χ1v) is 7.27. The van der Waals surface area contributed by atoms with Crippen LogP contribution in [0.2, 0.25) is 0 Å². The molecule has 0 radical (unpaired) electrons. The number of hydrogen-bond donors (Lipinski definition) is 1. The number of methoxy groups -OCH3 is 1. The van der Waals surface area contributed by atoms with E-state index < -0.39 is 0 Å². The van der Waals surface area contributed by atoms with Crippen LogP contribution in [-0.4, -0.2) is 18.2 Å². The zero-order chi connectivity index (χ0) is 13.4. The topological polar surface area (TPSA) is 46.5 Å². The van der Waals surface area contributed by atoms with Crippen molar-refractivity contribution in [2.24, 2.45) is 0 Å². The molecule has 0 atom stereocenters. The summed E-state index contributed by atoms with van der Waals surface area (Å²) >= 11 is 3.00. The second-order valence-corrected chi connectivity index (χ2v) is 5.96. The summed E-state index contributed by atoms with van der Waals surface area (Å²) in [5, 5.41) is 11.6. The van der Waals surface area contributed by atoms with E-state index in [1.165, 1.54) is 18.4 Å². The molecule has 5 heteroatoms. The molecule has 2 heterocycles. The molecular weight excluding hydrogens is 280 g/mol. The number of ether oxygens (including phenoxy) is 1. The second kappa shape index (κ2) is 4.68. The maximum atomic E-state index is 11.5. The fourth-order valence-electron chi connectivity index (χ4n) is 1.90. The van der Waals surface area contributed by atoms with Crippen LogP contribution in [0.1, 0.15) is 9.67 Å². The van der Waals surface area contributed by atoms with Crippen LogP contribution >= 0.6 is 22.7 Å². The van der Waals surface area contributed by atoms with Gasteiger partial charge in [-0.1, -0.05) is 12.1 Å². The van der Waals surface area contributed by atoms with E-state index in [2.05, 4.69) is 0 Å². The van der Waals surface area contributed by atoms with E-state index in [1.54, 1.807) is 23.5 Å². The number of phenolic OH excluding ortho intramolecular Hbond substituents is 1. The molecule has 0 saturated carbocycles. The standard InChI is InChI=1S/C14H10O3S2/c1-17-14(16)12-6-11-13(19-12)10(7-18-11)8-3-2-4-9(15)5-8/h2-7,15H,1H3. The van der Waals surface area contributed by atoms with Gasteiger partial charge >= 0.3 is 5.97 Å². The third kappa shape index (κ3) is 2.11. The van der Waals surface area contributed by atoms with Crippen LogP contribution in [0.15, 0.2) is 35.7 Å². The average molecular weight is 290 g/mol. The van der Waals surface area contributed by atoms with Crippen molar-refractivity contribution < 1.29 is 14.6 Å². The Labute approximate surface area is 117 Å². The number of thiophene rings is 2. The molecule has 2 aromatic heterocycles. The molecule has 1 aromatic carbocycles. The van der Waals surface area contributed by atoms with Crippen molar-refractivity contribution >= 4 is 38.0 Å². The Bertz CT molecular complexity index is 755. The Balaban J connectivity index is 2.14. The molecular formula is C14H10O3S2. The summed E-state index contributed by atoms with van der Waals surface area (Å²) in [7, 11) is 1.38. The lowest BCUT2D eigenvalue weighted by Crippen LogP contribution is -1.96. The number of esters is 1. The Morgan fingerprint density at radius 3 is 2.89 bits per heavy atom. The first-order chi connectivity index (χ1) is 9.19. The third-order valence-electron chi connectivity index (χ3n) is 2.79. The molecule has 3 nitrogen and oxygen atoms in total. The lowest BCUT2D eigenvalue weighted by molar-refractivity contribution is 0.0606. The van der Waals surface area contributed by atoms with Crippen molar-refractivity contribution in [1.82, 2.24) is 0 Å². The van der Waals surface area contributed by atoms with Crippen molar-refractivity contribution in [2.75, 3.05) is 7.11 Å². The van der Waals surface area contributed by atoms with Gasteiger partial charge in [0.25, 0.3) is 0 Å². The highest BCUT2D eigenvalue weighted by Crippen LogP contribution is 2.40. The molecule has 0 unspecified atom stereocenters. The molecule has 0 spiro atoms. The van der Waals surface area contributed by atoms with Crippen molar-refractivity contribution in [2.45, 2.75) is 0 Å². The highest BCUT2D eigenvalue weighted by molar-refractivity contribution is 7.28. The van der Waals surface area contributed by atoms with E-state index in [0.717, 1.165) is 20.5 Å². The fourth-order valence-corrected chi connectivity index (χ4v) is 4.23. The fraction of sp³-hybridized carbons (Fsp3) is 0.0714. The lowest BCUT2D eigenvalue weighted by atomic mass is 10.1. The lowest BCUT2D eigenvalue weighted by Gasteiger charge is -1.99. The maximum absolute atomic E-state index is 11.5. The number of phenols is 1. The Hall–Kier alpha value is -1.85. The van der Waals surface area contributed by atoms with E-state index >= 15 is 0 Å². The second-order valence-electron chi connectivity index (χ2n) is 4.00. The maximum Gasteiger partial charge on any atom is 0.348 e. The molecule has 0 bridgehead atoms. The number of rotatable bonds is 2. The van der Waals surface area contributed by atoms with Crippen LogP contribution in [-0.2, 0) is 4.74 Å². The molecule has 0 aliphatic carbocycles. The molecule has 3 aromatic rings. The predicted octanol–water partition coefficient (Wildman–Crippen LogP) is 4.12. The molecule has 0 fully saturated rings. The zero-order valence-corrected chi connectivity index (χ0v) is 11.7. The molecule has 96 valence electrons. The third-order valence-corrected chi connectivity index (χ3v) is 5.00. The Kier molecular flexibility index (Phi) is 3.00. The smallest absolute Gasteiger partial charge is 0.348 e. The van der Waals surface area contributed by atoms with Gasteiger partial charge in [0.05, 0.1) is 11.8 Å². The average Bonchev–Trinajstić information content (AvgIpc) is 2.97. The number of hydrogen-bond acceptors (Lipinski definition) is 5. The van der Waals surface area contributed by atoms with Gasteiger partial charge < -0.3 is 9.84 Å². The van der Waals surface area contributed by atoms with Gasteiger partial charge in [-0.3, -0.25) is 0 Å². The minimum absolute atomic E-state index is 0.238. The van der Waals surface area contributed by atoms with Gasteiger partial charge in [-0.05, 0) is 23.8 Å². The van der Waals surface area contributed by atoms with Crippen molar-refractivity contribution in [3.05, 3.63) is 40.6 Å². The van der Waals surface area contributed by atoms with E-state index in [-0.39, 0.29) is 11.7 Å². The van der Waals surface area contributed by atoms with Crippen LogP contribution in [0.25, 0.3) is 20.5 Å². The molecule has 3 rings (SSSR count). The van der Waals surface area contributed by atoms with E-state index in [1.807, 2.05) is 23.6 Å². The molecule has 0 aliphatic heterocycles. The first kappa shape index (κ1) is 12.2. The van der Waals surface area contributed by atoms with Crippen LogP contribution in [0, 0.1) is 0 Å². The quantitative estimate of drug-likeness (QED) is 0.722. The molecule has 0 aliphatic rings. The number of carbonyl (C=O) groups is 1. The monoisotopic (exact) mass is 290 g/mol. The molecule has 0 saturated heterocycles. The summed E-state index contributed by atoms with van der Waals surface area (Å²) in [4.78, 5) is 12.1. The van der Waals surface area contributed by atoms with Crippen LogP contribution < -0.4 is 0 Å². The number of carbonyl (C=O) groups excluding carboxylic acids is 1. The van der Waals surface area contributed by atoms with Crippen LogP contribution in [0.3, 0.4) is 0 Å². The predicted molar refractivity (Wildman–Crippen MR) is 78.1 cm³/mol. The summed E-state index contributed by atoms with van der Waals surface area (Å²) in [6.07, 6.45) is 0. The van der Waals surface area contributed by atoms with E-state index in [4.69, 9.17) is 4.74 Å². The Morgan fingerprint density at radius 2 is 2.16 bits per heavy atom. The molecule has 0 amide bonds. The Morgan fingerprint density at radius 1 is 1.32 bits per heavy atom. The summed E-state index contributed by atoms with van der Waals surface area (Å²) in [6.45, 7) is 0. The number of aromatic hydroxyl groups is 1. The summed E-state index contributed by atoms with van der Waals surface area (Å²) in [5.41, 5.74) is 1.99. The highest BCUT2D eigenvalue weighted by atomic mass is 32.1. The van der Waals surface area contributed by atoms with Crippen molar-refractivity contribution in [1.29, 1.82) is 0 Å². The van der Waals surface area contributed by atoms with Crippen LogP contribution in [0.5, 0.6) is 5.75 Å². The zero-order valence-electron chi connectivity index (χ0n) is 10.0. The minimum Gasteiger partial charge on any atom is -0.508 e. The first-order valence-electron chi connectivity index (χ1n) is 5.58. The van der Waals surface area contributed by atoms with Gasteiger partial charge in [-0.2, -0.15) is 0 Å². The highest BCUT2D eigenvalue weighted by Gasteiger charge is 2.15. The van der Waals surface area contributed by atoms with Gasteiger partial charge in [0.15, 0.2) is 0 Å². The van der Waals surface area contributed by atoms with Gasteiger partial charge in [0, 0.05) is 15.6 Å². The molecule has 1 N–H and O–H groups in total. The van der Waals surface area contributed by atoms with Crippen molar-refractivity contribution in [3.8, 4) is 16.9 Å². The minimum atomic E-state index is -0.310.